The predicted octanol–water partition coefficient (Wildman–Crippen LogP) is 3.03. The molecular weight excluding hydrogens is 435 g/mol. The normalized spacial score (nSPS) is 20.0. The molecular formula is C20H17ClF3N5O2. The third kappa shape index (κ3) is 4.01. The van der Waals surface area contributed by atoms with Crippen molar-refractivity contribution >= 4 is 23.5 Å². The molecule has 0 spiro atoms. The quantitative estimate of drug-likeness (QED) is 0.746. The number of alkyl halides is 3. The van der Waals surface area contributed by atoms with Gasteiger partial charge in [0.1, 0.15) is 5.54 Å². The zero-order chi connectivity index (χ0) is 23.0. The van der Waals surface area contributed by atoms with E-state index < -0.39 is 40.3 Å². The van der Waals surface area contributed by atoms with Crippen molar-refractivity contribution in [1.29, 1.82) is 5.26 Å². The zero-order valence-electron chi connectivity index (χ0n) is 16.2. The molecule has 162 valence electrons. The fourth-order valence-corrected chi connectivity index (χ4v) is 4.00. The number of nitrogens with one attached hydrogen (secondary N) is 1. The highest BCUT2D eigenvalue weighted by atomic mass is 35.5. The van der Waals surface area contributed by atoms with Crippen molar-refractivity contribution in [3.8, 4) is 6.07 Å². The molecule has 31 heavy (non-hydrogen) atoms. The van der Waals surface area contributed by atoms with E-state index in [0.29, 0.717) is 11.1 Å². The van der Waals surface area contributed by atoms with E-state index in [1.54, 1.807) is 0 Å². The summed E-state index contributed by atoms with van der Waals surface area (Å²) in [7, 11) is 0. The average molecular weight is 452 g/mol. The number of pyridine rings is 1. The lowest BCUT2D eigenvalue weighted by Gasteiger charge is -2.47. The highest BCUT2D eigenvalue weighted by Crippen LogP contribution is 2.42. The van der Waals surface area contributed by atoms with Crippen LogP contribution in [0.3, 0.4) is 0 Å². The number of hydrogen-bond donors (Lipinski definition) is 2. The molecule has 0 aliphatic carbocycles. The van der Waals surface area contributed by atoms with Crippen LogP contribution in [0.4, 0.5) is 18.0 Å². The van der Waals surface area contributed by atoms with Gasteiger partial charge in [0.15, 0.2) is 5.69 Å². The van der Waals surface area contributed by atoms with Gasteiger partial charge in [0.25, 0.3) is 0 Å². The van der Waals surface area contributed by atoms with E-state index in [9.17, 15) is 22.8 Å². The standard InChI is InChI=1S/C20H17ClF3N5O2/c1-19(17(30)27-8-9-29(19)18(26)31)15(12-4-2-11(10-25)3-5-12)14-7-6-13(21)16(28-14)20(22,23)24/h2-7,15H,8-9H2,1H3,(H2,26,31)(H,27,30)/t15-,19?/m1/s1. The summed E-state index contributed by atoms with van der Waals surface area (Å²) in [5, 5.41) is 11.1. The molecule has 0 bridgehead atoms. The van der Waals surface area contributed by atoms with Gasteiger partial charge in [0, 0.05) is 13.1 Å². The summed E-state index contributed by atoms with van der Waals surface area (Å²) in [4.78, 5) is 30.0. The minimum Gasteiger partial charge on any atom is -0.352 e. The number of urea groups is 1. The lowest BCUT2D eigenvalue weighted by molar-refractivity contribution is -0.141. The Morgan fingerprint density at radius 1 is 1.32 bits per heavy atom. The summed E-state index contributed by atoms with van der Waals surface area (Å²) in [6.45, 7) is 1.61. The number of nitrogens with two attached hydrogens (primary N) is 1. The van der Waals surface area contributed by atoms with Gasteiger partial charge in [-0.1, -0.05) is 23.7 Å². The van der Waals surface area contributed by atoms with Gasteiger partial charge in [0.2, 0.25) is 5.91 Å². The van der Waals surface area contributed by atoms with Crippen LogP contribution in [0, 0.1) is 11.3 Å². The van der Waals surface area contributed by atoms with E-state index in [0.717, 1.165) is 11.0 Å². The largest absolute Gasteiger partial charge is 0.434 e. The predicted molar refractivity (Wildman–Crippen MR) is 105 cm³/mol. The van der Waals surface area contributed by atoms with Crippen molar-refractivity contribution in [2.75, 3.05) is 13.1 Å². The Balaban J connectivity index is 2.29. The molecule has 1 fully saturated rings. The first-order valence-corrected chi connectivity index (χ1v) is 9.47. The van der Waals surface area contributed by atoms with Gasteiger partial charge < -0.3 is 16.0 Å². The number of rotatable bonds is 3. The fourth-order valence-electron chi connectivity index (χ4n) is 3.79. The molecule has 3 N–H and O–H groups in total. The third-order valence-electron chi connectivity index (χ3n) is 5.27. The molecule has 1 aromatic heterocycles. The van der Waals surface area contributed by atoms with Crippen molar-refractivity contribution < 1.29 is 22.8 Å². The maximum absolute atomic E-state index is 13.5. The smallest absolute Gasteiger partial charge is 0.352 e. The van der Waals surface area contributed by atoms with E-state index in [1.165, 1.54) is 37.3 Å². The number of nitriles is 1. The maximum Gasteiger partial charge on any atom is 0.434 e. The van der Waals surface area contributed by atoms with Crippen molar-refractivity contribution in [3.05, 3.63) is 63.9 Å². The molecule has 11 heteroatoms. The number of benzene rings is 1. The van der Waals surface area contributed by atoms with Gasteiger partial charge in [-0.05, 0) is 36.8 Å². The summed E-state index contributed by atoms with van der Waals surface area (Å²) in [6, 6.07) is 9.28. The van der Waals surface area contributed by atoms with Crippen LogP contribution in [0.1, 0.15) is 35.4 Å². The molecule has 0 radical (unpaired) electrons. The van der Waals surface area contributed by atoms with Crippen LogP contribution < -0.4 is 11.1 Å². The van der Waals surface area contributed by atoms with Crippen LogP contribution in [0.2, 0.25) is 5.02 Å². The van der Waals surface area contributed by atoms with E-state index in [1.807, 2.05) is 6.07 Å². The van der Waals surface area contributed by atoms with Gasteiger partial charge in [0.05, 0.1) is 28.3 Å². The molecule has 3 amide bonds. The molecule has 2 heterocycles. The number of primary amides is 1. The second kappa shape index (κ2) is 8.07. The molecule has 2 aromatic rings. The Bertz CT molecular complexity index is 1070. The van der Waals surface area contributed by atoms with Crippen molar-refractivity contribution in [2.45, 2.75) is 24.6 Å². The summed E-state index contributed by atoms with van der Waals surface area (Å²) in [6.07, 6.45) is -4.83. The minimum absolute atomic E-state index is 0.0596. The van der Waals surface area contributed by atoms with Gasteiger partial charge in [-0.2, -0.15) is 18.4 Å². The number of amides is 3. The van der Waals surface area contributed by atoms with E-state index in [4.69, 9.17) is 22.6 Å². The molecule has 1 aliphatic heterocycles. The summed E-state index contributed by atoms with van der Waals surface area (Å²) in [5.41, 5.74) is 3.06. The summed E-state index contributed by atoms with van der Waals surface area (Å²) >= 11 is 5.72. The number of aromatic nitrogens is 1. The number of carbonyl (C=O) groups excluding carboxylic acids is 2. The minimum atomic E-state index is -4.83. The summed E-state index contributed by atoms with van der Waals surface area (Å²) in [5.74, 6) is -1.73. The monoisotopic (exact) mass is 451 g/mol. The topological polar surface area (TPSA) is 112 Å². The second-order valence-electron chi connectivity index (χ2n) is 7.12. The Kier molecular flexibility index (Phi) is 5.83. The van der Waals surface area contributed by atoms with Gasteiger partial charge >= 0.3 is 12.2 Å². The van der Waals surface area contributed by atoms with E-state index >= 15 is 0 Å². The summed E-state index contributed by atoms with van der Waals surface area (Å²) < 4.78 is 40.4. The molecule has 1 aromatic carbocycles. The maximum atomic E-state index is 13.5. The van der Waals surface area contributed by atoms with Crippen LogP contribution in [-0.4, -0.2) is 40.5 Å². The van der Waals surface area contributed by atoms with Crippen LogP contribution >= 0.6 is 11.6 Å². The van der Waals surface area contributed by atoms with Crippen molar-refractivity contribution in [3.63, 3.8) is 0 Å². The number of piperazine rings is 1. The van der Waals surface area contributed by atoms with E-state index in [-0.39, 0.29) is 18.8 Å². The lowest BCUT2D eigenvalue weighted by Crippen LogP contribution is -2.68. The Morgan fingerprint density at radius 2 is 1.97 bits per heavy atom. The first kappa shape index (κ1) is 22.4. The number of nitrogens with zero attached hydrogens (tertiary/aromatic N) is 3. The third-order valence-corrected chi connectivity index (χ3v) is 5.58. The average Bonchev–Trinajstić information content (AvgIpc) is 2.71. The van der Waals surface area contributed by atoms with Crippen LogP contribution in [0.15, 0.2) is 36.4 Å². The van der Waals surface area contributed by atoms with Crippen LogP contribution in [0.25, 0.3) is 0 Å². The second-order valence-corrected chi connectivity index (χ2v) is 7.53. The van der Waals surface area contributed by atoms with Gasteiger partial charge in [-0.3, -0.25) is 4.79 Å². The van der Waals surface area contributed by atoms with E-state index in [2.05, 4.69) is 10.3 Å². The number of halogens is 4. The molecule has 3 rings (SSSR count). The molecule has 0 saturated carbocycles. The molecule has 1 saturated heterocycles. The van der Waals surface area contributed by atoms with Crippen molar-refractivity contribution in [1.82, 2.24) is 15.2 Å². The first-order chi connectivity index (χ1) is 14.5. The highest BCUT2D eigenvalue weighted by molar-refractivity contribution is 6.31. The SMILES string of the molecule is CC1([C@H](c2ccc(C#N)cc2)c2ccc(Cl)c(C(F)(F)F)n2)C(=O)NCCN1C(N)=O. The van der Waals surface area contributed by atoms with Crippen LogP contribution in [0.5, 0.6) is 0 Å². The van der Waals surface area contributed by atoms with Crippen LogP contribution in [-0.2, 0) is 11.0 Å². The molecule has 1 aliphatic rings. The Morgan fingerprint density at radius 3 is 2.52 bits per heavy atom. The number of hydrogen-bond acceptors (Lipinski definition) is 4. The Labute approximate surface area is 180 Å². The lowest BCUT2D eigenvalue weighted by atomic mass is 9.75. The fraction of sp³-hybridized carbons (Fsp3) is 0.300. The molecule has 2 atom stereocenters. The molecule has 1 unspecified atom stereocenters. The highest BCUT2D eigenvalue weighted by Gasteiger charge is 2.52. The van der Waals surface area contributed by atoms with Gasteiger partial charge in [-0.25, -0.2) is 9.78 Å². The Hall–Kier alpha value is -3.32. The zero-order valence-corrected chi connectivity index (χ0v) is 17.0. The number of carbonyl (C=O) groups is 2. The van der Waals surface area contributed by atoms with Crippen molar-refractivity contribution in [2.24, 2.45) is 5.73 Å². The molecule has 7 nitrogen and oxygen atoms in total. The first-order valence-electron chi connectivity index (χ1n) is 9.09. The van der Waals surface area contributed by atoms with Gasteiger partial charge in [-0.15, -0.1) is 0 Å².